The van der Waals surface area contributed by atoms with Crippen molar-refractivity contribution >= 4 is 17.1 Å². The van der Waals surface area contributed by atoms with Crippen LogP contribution in [0, 0.1) is 5.92 Å². The minimum atomic E-state index is -1.03. The highest BCUT2D eigenvalue weighted by Gasteiger charge is 2.38. The lowest BCUT2D eigenvalue weighted by molar-refractivity contribution is -0.0506. The van der Waals surface area contributed by atoms with Crippen LogP contribution in [0.2, 0.25) is 0 Å². The molecule has 10 heteroatoms. The molecule has 24 heavy (non-hydrogen) atoms. The van der Waals surface area contributed by atoms with Gasteiger partial charge in [0.1, 0.15) is 6.10 Å². The molecular formula is C14H21N5O5. The first-order valence-electron chi connectivity index (χ1n) is 7.78. The highest BCUT2D eigenvalue weighted by Crippen LogP contribution is 2.29. The molecule has 3 rings (SSSR count). The molecule has 0 aliphatic carbocycles. The standard InChI is InChI=1S/C14H21N5O5/c1-6(2)4-18-9-10(16-13(15)17-11(9)22)19(14(18)23)12-8(21)3-7(5-20)24-12/h6-8,12,20-21H,3-5H2,1-2H3,(H3,15,16,17,22). The van der Waals surface area contributed by atoms with Gasteiger partial charge in [0.05, 0.1) is 12.7 Å². The van der Waals surface area contributed by atoms with Crippen molar-refractivity contribution in [3.8, 4) is 0 Å². The summed E-state index contributed by atoms with van der Waals surface area (Å²) in [6.07, 6.45) is -2.43. The zero-order valence-electron chi connectivity index (χ0n) is 13.5. The second-order valence-electron chi connectivity index (χ2n) is 6.41. The summed E-state index contributed by atoms with van der Waals surface area (Å²) >= 11 is 0. The molecule has 2 aromatic rings. The van der Waals surface area contributed by atoms with E-state index in [1.54, 1.807) is 0 Å². The van der Waals surface area contributed by atoms with E-state index >= 15 is 0 Å². The number of aliphatic hydroxyl groups is 2. The fraction of sp³-hybridized carbons (Fsp3) is 0.643. The zero-order valence-corrected chi connectivity index (χ0v) is 13.5. The Morgan fingerprint density at radius 3 is 2.75 bits per heavy atom. The van der Waals surface area contributed by atoms with Gasteiger partial charge in [0.25, 0.3) is 5.56 Å². The van der Waals surface area contributed by atoms with E-state index in [0.717, 1.165) is 4.57 Å². The van der Waals surface area contributed by atoms with Crippen LogP contribution in [0.15, 0.2) is 9.59 Å². The lowest BCUT2D eigenvalue weighted by atomic mass is 10.2. The molecule has 1 fully saturated rings. The summed E-state index contributed by atoms with van der Waals surface area (Å²) in [5.41, 5.74) is 4.72. The number of fused-ring (bicyclic) bond motifs is 1. The molecule has 0 spiro atoms. The first-order chi connectivity index (χ1) is 11.3. The van der Waals surface area contributed by atoms with Crippen molar-refractivity contribution in [2.24, 2.45) is 5.92 Å². The predicted octanol–water partition coefficient (Wildman–Crippen LogP) is -1.23. The van der Waals surface area contributed by atoms with Gasteiger partial charge >= 0.3 is 5.69 Å². The van der Waals surface area contributed by atoms with Gasteiger partial charge in [-0.05, 0) is 5.92 Å². The molecule has 1 aliphatic rings. The van der Waals surface area contributed by atoms with Crippen molar-refractivity contribution < 1.29 is 14.9 Å². The van der Waals surface area contributed by atoms with E-state index in [1.807, 2.05) is 13.8 Å². The molecule has 1 saturated heterocycles. The van der Waals surface area contributed by atoms with Crippen molar-refractivity contribution in [2.75, 3.05) is 12.3 Å². The number of rotatable bonds is 4. The third kappa shape index (κ3) is 2.62. The molecule has 3 unspecified atom stereocenters. The number of aliphatic hydroxyl groups excluding tert-OH is 2. The van der Waals surface area contributed by atoms with E-state index < -0.39 is 29.7 Å². The number of anilines is 1. The Morgan fingerprint density at radius 2 is 2.17 bits per heavy atom. The Kier molecular flexibility index (Phi) is 4.20. The first kappa shape index (κ1) is 16.7. The van der Waals surface area contributed by atoms with Crippen LogP contribution in [0.25, 0.3) is 11.2 Å². The number of H-pyrrole nitrogens is 1. The van der Waals surface area contributed by atoms with E-state index in [1.165, 1.54) is 4.57 Å². The second-order valence-corrected chi connectivity index (χ2v) is 6.41. The van der Waals surface area contributed by atoms with Gasteiger partial charge < -0.3 is 20.7 Å². The summed E-state index contributed by atoms with van der Waals surface area (Å²) in [5.74, 6) is -0.0209. The molecule has 1 aliphatic heterocycles. The first-order valence-corrected chi connectivity index (χ1v) is 7.78. The molecule has 10 nitrogen and oxygen atoms in total. The van der Waals surface area contributed by atoms with Gasteiger partial charge in [-0.2, -0.15) is 4.98 Å². The number of aromatic nitrogens is 4. The van der Waals surface area contributed by atoms with E-state index in [2.05, 4.69) is 9.97 Å². The van der Waals surface area contributed by atoms with Crippen molar-refractivity contribution in [1.29, 1.82) is 0 Å². The Balaban J connectivity index is 2.26. The summed E-state index contributed by atoms with van der Waals surface area (Å²) in [5, 5.41) is 19.4. The quantitative estimate of drug-likeness (QED) is 0.544. The van der Waals surface area contributed by atoms with E-state index in [0.29, 0.717) is 6.54 Å². The van der Waals surface area contributed by atoms with Crippen molar-refractivity contribution in [1.82, 2.24) is 19.1 Å². The number of nitrogen functional groups attached to an aromatic ring is 1. The largest absolute Gasteiger partial charge is 0.394 e. The lowest BCUT2D eigenvalue weighted by Crippen LogP contribution is -2.32. The fourth-order valence-electron chi connectivity index (χ4n) is 3.04. The second kappa shape index (κ2) is 6.04. The summed E-state index contributed by atoms with van der Waals surface area (Å²) in [7, 11) is 0. The van der Waals surface area contributed by atoms with E-state index in [9.17, 15) is 19.8 Å². The summed E-state index contributed by atoms with van der Waals surface area (Å²) < 4.78 is 8.01. The number of hydrogen-bond acceptors (Lipinski definition) is 7. The minimum absolute atomic E-state index is 0.0598. The molecule has 0 saturated carbocycles. The SMILES string of the molecule is CC(C)Cn1c(=O)n(C2OC(CO)CC2O)c2nc(N)[nH]c(=O)c21. The van der Waals surface area contributed by atoms with E-state index in [-0.39, 0.29) is 36.1 Å². The Bertz CT molecular complexity index is 867. The van der Waals surface area contributed by atoms with Crippen molar-refractivity contribution in [3.05, 3.63) is 20.8 Å². The summed E-state index contributed by atoms with van der Waals surface area (Å²) in [6.45, 7) is 3.86. The van der Waals surface area contributed by atoms with Gasteiger partial charge in [0.15, 0.2) is 17.4 Å². The van der Waals surface area contributed by atoms with Crippen LogP contribution in [0.1, 0.15) is 26.5 Å². The normalized spacial score (nSPS) is 24.3. The molecule has 0 aromatic carbocycles. The minimum Gasteiger partial charge on any atom is -0.394 e. The van der Waals surface area contributed by atoms with Crippen LogP contribution in [-0.2, 0) is 11.3 Å². The van der Waals surface area contributed by atoms with Gasteiger partial charge in [-0.15, -0.1) is 0 Å². The molecule has 0 bridgehead atoms. The third-order valence-corrected chi connectivity index (χ3v) is 4.00. The highest BCUT2D eigenvalue weighted by atomic mass is 16.5. The van der Waals surface area contributed by atoms with Crippen LogP contribution in [-0.4, -0.2) is 48.1 Å². The number of imidazole rings is 1. The molecule has 132 valence electrons. The number of nitrogens with two attached hydrogens (primary N) is 1. The van der Waals surface area contributed by atoms with Gasteiger partial charge in [0, 0.05) is 13.0 Å². The molecule has 0 amide bonds. The number of nitrogens with zero attached hydrogens (tertiary/aromatic N) is 3. The maximum Gasteiger partial charge on any atom is 0.332 e. The molecule has 0 radical (unpaired) electrons. The molecule has 3 heterocycles. The van der Waals surface area contributed by atoms with Gasteiger partial charge in [-0.25, -0.2) is 9.36 Å². The Labute approximate surface area is 136 Å². The molecular weight excluding hydrogens is 318 g/mol. The maximum atomic E-state index is 12.9. The zero-order chi connectivity index (χ0) is 17.6. The number of ether oxygens (including phenoxy) is 1. The van der Waals surface area contributed by atoms with Gasteiger partial charge in [-0.3, -0.25) is 14.3 Å². The van der Waals surface area contributed by atoms with Crippen LogP contribution in [0.4, 0.5) is 5.95 Å². The third-order valence-electron chi connectivity index (χ3n) is 4.00. The maximum absolute atomic E-state index is 12.9. The van der Waals surface area contributed by atoms with Crippen LogP contribution >= 0.6 is 0 Å². The number of hydrogen-bond donors (Lipinski definition) is 4. The van der Waals surface area contributed by atoms with Crippen LogP contribution in [0.3, 0.4) is 0 Å². The molecule has 5 N–H and O–H groups in total. The summed E-state index contributed by atoms with van der Waals surface area (Å²) in [6, 6.07) is 0. The fourth-order valence-corrected chi connectivity index (χ4v) is 3.04. The molecule has 3 atom stereocenters. The smallest absolute Gasteiger partial charge is 0.332 e. The average Bonchev–Trinajstić information content (AvgIpc) is 2.97. The van der Waals surface area contributed by atoms with Gasteiger partial charge in [-0.1, -0.05) is 13.8 Å². The highest BCUT2D eigenvalue weighted by molar-refractivity contribution is 5.71. The lowest BCUT2D eigenvalue weighted by Gasteiger charge is -2.15. The number of nitrogens with one attached hydrogen (secondary N) is 1. The summed E-state index contributed by atoms with van der Waals surface area (Å²) in [4.78, 5) is 31.6. The number of aromatic amines is 1. The topological polar surface area (TPSA) is 148 Å². The average molecular weight is 339 g/mol. The van der Waals surface area contributed by atoms with Crippen molar-refractivity contribution in [3.63, 3.8) is 0 Å². The predicted molar refractivity (Wildman–Crippen MR) is 85.5 cm³/mol. The van der Waals surface area contributed by atoms with Crippen LogP contribution in [0.5, 0.6) is 0 Å². The van der Waals surface area contributed by atoms with Crippen LogP contribution < -0.4 is 17.0 Å². The van der Waals surface area contributed by atoms with Gasteiger partial charge in [0.2, 0.25) is 5.95 Å². The van der Waals surface area contributed by atoms with E-state index in [4.69, 9.17) is 10.5 Å². The Morgan fingerprint density at radius 1 is 1.46 bits per heavy atom. The molecule has 2 aromatic heterocycles. The van der Waals surface area contributed by atoms with Crippen molar-refractivity contribution in [2.45, 2.75) is 45.2 Å². The monoisotopic (exact) mass is 339 g/mol. The Hall–Kier alpha value is -2.17.